The molecule has 19 heavy (non-hydrogen) atoms. The maximum absolute atomic E-state index is 10.4. The van der Waals surface area contributed by atoms with Crippen LogP contribution in [0.25, 0.3) is 11.9 Å². The van der Waals surface area contributed by atoms with Crippen molar-refractivity contribution in [3.63, 3.8) is 0 Å². The summed E-state index contributed by atoms with van der Waals surface area (Å²) in [6.07, 6.45) is 4.05. The van der Waals surface area contributed by atoms with Crippen LogP contribution in [-0.4, -0.2) is 39.8 Å². The molecular formula is C9H19N3O6Pt. The number of carbonyl (C=O) groups is 3. The average Bonchev–Trinajstić information content (AvgIpc) is 2.29. The van der Waals surface area contributed by atoms with Gasteiger partial charge in [0.05, 0.1) is 0 Å². The number of unbranched alkanes of at least 4 members (excludes halogenated alkanes) is 3. The van der Waals surface area contributed by atoms with Gasteiger partial charge in [-0.25, -0.2) is 15.1 Å². The molecule has 0 aromatic rings. The van der Waals surface area contributed by atoms with E-state index >= 15 is 0 Å². The Bertz CT molecular complexity index is 240. The molecule has 0 saturated carbocycles. The van der Waals surface area contributed by atoms with E-state index in [0.717, 1.165) is 25.7 Å². The fraction of sp³-hybridized carbons (Fsp3) is 0.667. The van der Waals surface area contributed by atoms with Gasteiger partial charge in [-0.2, -0.15) is 6.54 Å². The third-order valence-corrected chi connectivity index (χ3v) is 1.64. The van der Waals surface area contributed by atoms with Gasteiger partial charge in [0.25, 0.3) is 0 Å². The molecule has 0 rings (SSSR count). The van der Waals surface area contributed by atoms with Gasteiger partial charge in [-0.15, -0.1) is 0 Å². The summed E-state index contributed by atoms with van der Waals surface area (Å²) in [6, 6.07) is 0. The van der Waals surface area contributed by atoms with Crippen LogP contribution in [0, 0.1) is 0 Å². The van der Waals surface area contributed by atoms with Crippen molar-refractivity contribution in [3.8, 4) is 0 Å². The van der Waals surface area contributed by atoms with Crippen LogP contribution < -0.4 is 5.48 Å². The fourth-order valence-corrected chi connectivity index (χ4v) is 0.820. The van der Waals surface area contributed by atoms with Gasteiger partial charge in [-0.05, 0) is 6.42 Å². The molecule has 116 valence electrons. The van der Waals surface area contributed by atoms with E-state index in [4.69, 9.17) is 30.7 Å². The summed E-state index contributed by atoms with van der Waals surface area (Å²) < 4.78 is 0. The molecule has 0 unspecified atom stereocenters. The van der Waals surface area contributed by atoms with E-state index in [9.17, 15) is 4.79 Å². The number of rotatable bonds is 6. The Morgan fingerprint density at radius 2 is 1.37 bits per heavy atom. The van der Waals surface area contributed by atoms with E-state index in [-0.39, 0.29) is 33.1 Å². The maximum Gasteiger partial charge on any atom is 2.00 e. The molecule has 0 bridgehead atoms. The topological polar surface area (TPSA) is 181 Å². The molecule has 0 atom stereocenters. The van der Waals surface area contributed by atoms with E-state index in [1.165, 1.54) is 0 Å². The Morgan fingerprint density at radius 3 is 1.68 bits per heavy atom. The summed E-state index contributed by atoms with van der Waals surface area (Å²) in [5.41, 5.74) is 8.42. The van der Waals surface area contributed by atoms with Crippen LogP contribution in [0.3, 0.4) is 0 Å². The first-order chi connectivity index (χ1) is 7.95. The third-order valence-electron chi connectivity index (χ3n) is 1.64. The van der Waals surface area contributed by atoms with Crippen LogP contribution in [0.15, 0.2) is 0 Å². The van der Waals surface area contributed by atoms with Gasteiger partial charge in [-0.3, -0.25) is 10.0 Å². The van der Waals surface area contributed by atoms with Gasteiger partial charge < -0.3 is 22.1 Å². The Labute approximate surface area is 125 Å². The van der Waals surface area contributed by atoms with Crippen molar-refractivity contribution in [3.05, 3.63) is 11.9 Å². The molecule has 0 aromatic carbocycles. The Morgan fingerprint density at radius 1 is 0.947 bits per heavy atom. The minimum Gasteiger partial charge on any atom is -0.693 e. The molecule has 1 amide bonds. The minimum absolute atomic E-state index is 0. The van der Waals surface area contributed by atoms with E-state index in [1.54, 1.807) is 5.48 Å². The number of nitrogens with two attached hydrogens (primary N) is 1. The number of hydrogen-bond donors (Lipinski definition) is 4. The van der Waals surface area contributed by atoms with E-state index in [0.29, 0.717) is 13.0 Å². The number of carboxylic acid groups (broad SMARTS) is 2. The second kappa shape index (κ2) is 19.3. The molecule has 0 aromatic heterocycles. The Hall–Kier alpha value is -1.02. The van der Waals surface area contributed by atoms with Crippen molar-refractivity contribution in [1.82, 2.24) is 5.48 Å². The van der Waals surface area contributed by atoms with E-state index < -0.39 is 11.9 Å². The summed E-state index contributed by atoms with van der Waals surface area (Å²) in [7, 11) is 0. The molecule has 10 heteroatoms. The van der Waals surface area contributed by atoms with Crippen LogP contribution in [0.2, 0.25) is 0 Å². The quantitative estimate of drug-likeness (QED) is 0.201. The van der Waals surface area contributed by atoms with Gasteiger partial charge in [0.15, 0.2) is 0 Å². The van der Waals surface area contributed by atoms with Crippen LogP contribution in [0.1, 0.15) is 32.1 Å². The van der Waals surface area contributed by atoms with Gasteiger partial charge in [0.2, 0.25) is 5.91 Å². The van der Waals surface area contributed by atoms with Crippen LogP contribution >= 0.6 is 0 Å². The molecule has 0 aliphatic heterocycles. The zero-order valence-electron chi connectivity index (χ0n) is 10.2. The summed E-state index contributed by atoms with van der Waals surface area (Å²) in [6.45, 7) is 0.464. The zero-order chi connectivity index (χ0) is 13.7. The van der Waals surface area contributed by atoms with E-state index in [2.05, 4.69) is 0 Å². The van der Waals surface area contributed by atoms with Crippen molar-refractivity contribution in [1.29, 1.82) is 0 Å². The fourth-order valence-electron chi connectivity index (χ4n) is 0.820. The minimum atomic E-state index is -1.82. The number of carboxylic acids is 2. The van der Waals surface area contributed by atoms with Gasteiger partial charge in [-0.1, -0.05) is 19.3 Å². The molecular weight excluding hydrogens is 441 g/mol. The molecule has 0 fully saturated rings. The van der Waals surface area contributed by atoms with Crippen molar-refractivity contribution < 1.29 is 50.9 Å². The maximum atomic E-state index is 10.4. The second-order valence-electron chi connectivity index (χ2n) is 3.06. The Kier molecular flexibility index (Phi) is 27.0. The summed E-state index contributed by atoms with van der Waals surface area (Å²) in [4.78, 5) is 28.6. The SMILES string of the molecule is O=C(O)C(=O)O.[NH-]CCCCCCC(=O)NO.[NH2-].[Pt+2]. The monoisotopic (exact) mass is 460 g/mol. The molecule has 0 aliphatic carbocycles. The number of aliphatic carboxylic acids is 2. The van der Waals surface area contributed by atoms with Gasteiger partial charge in [0.1, 0.15) is 0 Å². The van der Waals surface area contributed by atoms with Crippen molar-refractivity contribution >= 4 is 17.8 Å². The smallest absolute Gasteiger partial charge is 0.693 e. The predicted octanol–water partition coefficient (Wildman–Crippen LogP) is 1.36. The zero-order valence-corrected chi connectivity index (χ0v) is 12.5. The number of nitrogens with one attached hydrogen (secondary N) is 2. The molecule has 9 nitrogen and oxygen atoms in total. The predicted molar refractivity (Wildman–Crippen MR) is 62.8 cm³/mol. The first-order valence-corrected chi connectivity index (χ1v) is 4.99. The van der Waals surface area contributed by atoms with Crippen molar-refractivity contribution in [2.24, 2.45) is 0 Å². The molecule has 7 N–H and O–H groups in total. The van der Waals surface area contributed by atoms with Gasteiger partial charge in [0, 0.05) is 6.42 Å². The number of amides is 1. The van der Waals surface area contributed by atoms with E-state index in [1.807, 2.05) is 0 Å². The summed E-state index contributed by atoms with van der Waals surface area (Å²) in [5, 5.41) is 22.9. The summed E-state index contributed by atoms with van der Waals surface area (Å²) >= 11 is 0. The van der Waals surface area contributed by atoms with Crippen LogP contribution in [0.4, 0.5) is 0 Å². The number of hydrogen-bond acceptors (Lipinski definition) is 4. The van der Waals surface area contributed by atoms with Gasteiger partial charge >= 0.3 is 33.0 Å². The van der Waals surface area contributed by atoms with Crippen LogP contribution in [0.5, 0.6) is 0 Å². The largest absolute Gasteiger partial charge is 2.00 e. The Balaban J connectivity index is -0.000000123. The molecule has 0 aliphatic rings. The molecule has 0 heterocycles. The second-order valence-corrected chi connectivity index (χ2v) is 3.06. The molecule has 0 saturated heterocycles. The summed E-state index contributed by atoms with van der Waals surface area (Å²) in [5.74, 6) is -3.97. The standard InChI is InChI=1S/C7H15N2O2.C2H2O4.H2N.Pt/c8-6-4-2-1-3-5-7(10)9-11;3-1(4)2(5)6;;/h8,11H,1-6H2,(H,9,10);(H,3,4)(H,5,6);1H2;/q-1;;-1;+2. The number of hydroxylamine groups is 1. The van der Waals surface area contributed by atoms with Crippen LogP contribution in [-0.2, 0) is 35.4 Å². The average molecular weight is 460 g/mol. The number of carbonyl (C=O) groups excluding carboxylic acids is 1. The first-order valence-electron chi connectivity index (χ1n) is 4.99. The van der Waals surface area contributed by atoms with Crippen molar-refractivity contribution in [2.45, 2.75) is 32.1 Å². The molecule has 0 radical (unpaired) electrons. The third kappa shape index (κ3) is 26.5. The normalized spacial score (nSPS) is 7.89. The first kappa shape index (κ1) is 26.5. The van der Waals surface area contributed by atoms with Crippen molar-refractivity contribution in [2.75, 3.05) is 6.54 Å². The molecule has 0 spiro atoms.